The quantitative estimate of drug-likeness (QED) is 0.190. The van der Waals surface area contributed by atoms with Gasteiger partial charge in [-0.15, -0.1) is 0 Å². The van der Waals surface area contributed by atoms with Crippen molar-refractivity contribution in [2.75, 3.05) is 6.61 Å². The van der Waals surface area contributed by atoms with Crippen molar-refractivity contribution in [3.63, 3.8) is 0 Å². The minimum atomic E-state index is -0.583. The molecule has 0 aliphatic rings. The number of nitrogens with zero attached hydrogens (tertiary/aromatic N) is 2. The van der Waals surface area contributed by atoms with Crippen LogP contribution >= 0.6 is 0 Å². The van der Waals surface area contributed by atoms with Crippen molar-refractivity contribution in [1.82, 2.24) is 9.55 Å². The molecule has 0 amide bonds. The molecule has 0 saturated carbocycles. The summed E-state index contributed by atoms with van der Waals surface area (Å²) in [5.41, 5.74) is 2.89. The van der Waals surface area contributed by atoms with E-state index in [2.05, 4.69) is 83.6 Å². The van der Waals surface area contributed by atoms with Gasteiger partial charge in [-0.1, -0.05) is 97.1 Å². The van der Waals surface area contributed by atoms with E-state index in [-0.39, 0.29) is 5.97 Å². The van der Waals surface area contributed by atoms with Crippen molar-refractivity contribution >= 4 is 5.97 Å². The van der Waals surface area contributed by atoms with Gasteiger partial charge in [-0.2, -0.15) is 0 Å². The summed E-state index contributed by atoms with van der Waals surface area (Å²) in [7, 11) is 0. The lowest BCUT2D eigenvalue weighted by Gasteiger charge is -2.38. The summed E-state index contributed by atoms with van der Waals surface area (Å²) in [6.45, 7) is 2.18. The monoisotopic (exact) mass is 436 g/mol. The maximum atomic E-state index is 11.7. The standard InChI is InChI=1S/C29H28N2O2/c1-2-33-28(32)21-13-12-20-27-30-22-23-31(27)29(24-14-6-3-7-15-24,25-16-8-4-9-17-25)26-18-10-5-11-19-26/h3-11,13-19,21-23H,2,12,20H2,1H3/b21-13+. The SMILES string of the molecule is CCOC(=O)/C=C/CCc1nccn1C(c1ccccc1)(c1ccccc1)c1ccccc1. The molecule has 0 aliphatic heterocycles. The van der Waals surface area contributed by atoms with Crippen LogP contribution in [0.25, 0.3) is 0 Å². The summed E-state index contributed by atoms with van der Waals surface area (Å²) >= 11 is 0. The predicted molar refractivity (Wildman–Crippen MR) is 131 cm³/mol. The molecule has 3 aromatic carbocycles. The number of hydrogen-bond donors (Lipinski definition) is 0. The van der Waals surface area contributed by atoms with Crippen LogP contribution in [-0.4, -0.2) is 22.1 Å². The lowest BCUT2D eigenvalue weighted by atomic mass is 9.76. The molecule has 0 bridgehead atoms. The molecule has 166 valence electrons. The van der Waals surface area contributed by atoms with Crippen molar-refractivity contribution in [3.8, 4) is 0 Å². The Hall–Kier alpha value is -3.92. The molecule has 4 aromatic rings. The van der Waals surface area contributed by atoms with Crippen LogP contribution in [0.1, 0.15) is 35.9 Å². The number of carbonyl (C=O) groups excluding carboxylic acids is 1. The van der Waals surface area contributed by atoms with Gasteiger partial charge in [0.25, 0.3) is 0 Å². The third-order valence-corrected chi connectivity index (χ3v) is 5.73. The van der Waals surface area contributed by atoms with E-state index < -0.39 is 5.54 Å². The first kappa shape index (κ1) is 22.3. The van der Waals surface area contributed by atoms with Gasteiger partial charge in [0.1, 0.15) is 11.4 Å². The van der Waals surface area contributed by atoms with E-state index in [1.807, 2.05) is 30.5 Å². The lowest BCUT2D eigenvalue weighted by Crippen LogP contribution is -2.38. The molecule has 33 heavy (non-hydrogen) atoms. The second-order valence-corrected chi connectivity index (χ2v) is 7.72. The minimum absolute atomic E-state index is 0.312. The zero-order valence-electron chi connectivity index (χ0n) is 18.8. The molecule has 4 heteroatoms. The molecule has 0 aliphatic carbocycles. The molecule has 0 atom stereocenters. The number of carbonyl (C=O) groups is 1. The number of ether oxygens (including phenoxy) is 1. The molecular weight excluding hydrogens is 408 g/mol. The lowest BCUT2D eigenvalue weighted by molar-refractivity contribution is -0.137. The van der Waals surface area contributed by atoms with Crippen LogP contribution in [0.5, 0.6) is 0 Å². The van der Waals surface area contributed by atoms with Gasteiger partial charge in [-0.3, -0.25) is 0 Å². The second kappa shape index (κ2) is 10.6. The van der Waals surface area contributed by atoms with Gasteiger partial charge in [0.2, 0.25) is 0 Å². The molecular formula is C29H28N2O2. The van der Waals surface area contributed by atoms with Gasteiger partial charge < -0.3 is 9.30 Å². The van der Waals surface area contributed by atoms with Gasteiger partial charge in [-0.25, -0.2) is 9.78 Å². The summed E-state index contributed by atoms with van der Waals surface area (Å²) in [5.74, 6) is 0.633. The summed E-state index contributed by atoms with van der Waals surface area (Å²) < 4.78 is 7.25. The fourth-order valence-electron chi connectivity index (χ4n) is 4.36. The largest absolute Gasteiger partial charge is 0.463 e. The number of imidazole rings is 1. The zero-order valence-corrected chi connectivity index (χ0v) is 18.8. The van der Waals surface area contributed by atoms with Crippen molar-refractivity contribution < 1.29 is 9.53 Å². The van der Waals surface area contributed by atoms with Crippen LogP contribution in [0.15, 0.2) is 116 Å². The number of esters is 1. The Balaban J connectivity index is 1.84. The molecule has 4 rings (SSSR count). The van der Waals surface area contributed by atoms with Gasteiger partial charge in [0.05, 0.1) is 6.61 Å². The first-order valence-corrected chi connectivity index (χ1v) is 11.3. The number of aromatic nitrogens is 2. The fraction of sp³-hybridized carbons (Fsp3) is 0.172. The van der Waals surface area contributed by atoms with Crippen LogP contribution < -0.4 is 0 Å². The van der Waals surface area contributed by atoms with Crippen LogP contribution in [0, 0.1) is 0 Å². The van der Waals surface area contributed by atoms with Crippen molar-refractivity contribution in [1.29, 1.82) is 0 Å². The van der Waals surface area contributed by atoms with E-state index in [1.54, 1.807) is 6.92 Å². The third-order valence-electron chi connectivity index (χ3n) is 5.73. The second-order valence-electron chi connectivity index (χ2n) is 7.72. The van der Waals surface area contributed by atoms with Crippen molar-refractivity contribution in [2.24, 2.45) is 0 Å². The first-order valence-electron chi connectivity index (χ1n) is 11.3. The van der Waals surface area contributed by atoms with Crippen LogP contribution in [-0.2, 0) is 21.5 Å². The van der Waals surface area contributed by atoms with Crippen molar-refractivity contribution in [2.45, 2.75) is 25.3 Å². The molecule has 0 fully saturated rings. The van der Waals surface area contributed by atoms with Crippen LogP contribution in [0.3, 0.4) is 0 Å². The molecule has 0 N–H and O–H groups in total. The van der Waals surface area contributed by atoms with Gasteiger partial charge in [0.15, 0.2) is 0 Å². The molecule has 0 saturated heterocycles. The maximum absolute atomic E-state index is 11.7. The minimum Gasteiger partial charge on any atom is -0.463 e. The van der Waals surface area contributed by atoms with Crippen LogP contribution in [0.4, 0.5) is 0 Å². The van der Waals surface area contributed by atoms with Crippen LogP contribution in [0.2, 0.25) is 0 Å². The van der Waals surface area contributed by atoms with Crippen molar-refractivity contribution in [3.05, 3.63) is 138 Å². The highest BCUT2D eigenvalue weighted by Crippen LogP contribution is 2.41. The van der Waals surface area contributed by atoms with E-state index in [0.29, 0.717) is 19.4 Å². The predicted octanol–water partition coefficient (Wildman–Crippen LogP) is 5.78. The smallest absolute Gasteiger partial charge is 0.330 e. The molecule has 1 aromatic heterocycles. The highest BCUT2D eigenvalue weighted by Gasteiger charge is 2.39. The Kier molecular flexibility index (Phi) is 7.16. The number of hydrogen-bond acceptors (Lipinski definition) is 3. The highest BCUT2D eigenvalue weighted by molar-refractivity contribution is 5.81. The number of aryl methyl sites for hydroxylation is 1. The Bertz CT molecular complexity index is 1090. The molecule has 0 spiro atoms. The van der Waals surface area contributed by atoms with E-state index in [9.17, 15) is 4.79 Å². The Labute approximate surface area is 195 Å². The summed E-state index contributed by atoms with van der Waals surface area (Å²) in [4.78, 5) is 16.4. The Morgan fingerprint density at radius 1 is 0.879 bits per heavy atom. The topological polar surface area (TPSA) is 44.1 Å². The highest BCUT2D eigenvalue weighted by atomic mass is 16.5. The Morgan fingerprint density at radius 2 is 1.39 bits per heavy atom. The van der Waals surface area contributed by atoms with Gasteiger partial charge in [-0.05, 0) is 30.0 Å². The Morgan fingerprint density at radius 3 is 1.88 bits per heavy atom. The first-order chi connectivity index (χ1) is 16.3. The van der Waals surface area contributed by atoms with Gasteiger partial charge >= 0.3 is 5.97 Å². The summed E-state index contributed by atoms with van der Waals surface area (Å²) in [6.07, 6.45) is 8.63. The molecule has 0 unspecified atom stereocenters. The van der Waals surface area contributed by atoms with E-state index in [0.717, 1.165) is 22.5 Å². The normalized spacial score (nSPS) is 11.5. The fourth-order valence-corrected chi connectivity index (χ4v) is 4.36. The van der Waals surface area contributed by atoms with E-state index in [1.165, 1.54) is 6.08 Å². The molecule has 1 heterocycles. The van der Waals surface area contributed by atoms with Gasteiger partial charge in [0, 0.05) is 24.9 Å². The average Bonchev–Trinajstić information content (AvgIpc) is 3.33. The number of benzene rings is 3. The third kappa shape index (κ3) is 4.65. The summed E-state index contributed by atoms with van der Waals surface area (Å²) in [5, 5.41) is 0. The van der Waals surface area contributed by atoms with E-state index in [4.69, 9.17) is 9.72 Å². The number of allylic oxidation sites excluding steroid dienone is 1. The zero-order chi connectivity index (χ0) is 22.9. The van der Waals surface area contributed by atoms with E-state index >= 15 is 0 Å². The maximum Gasteiger partial charge on any atom is 0.330 e. The average molecular weight is 437 g/mol. The molecule has 4 nitrogen and oxygen atoms in total. The number of rotatable bonds is 9. The molecule has 0 radical (unpaired) electrons. The summed E-state index contributed by atoms with van der Waals surface area (Å²) in [6, 6.07) is 31.6.